The minimum Gasteiger partial charge on any atom is -0.326 e. The molecule has 3 rings (SSSR count). The smallest absolute Gasteiger partial charge is 0.189 e. The van der Waals surface area contributed by atoms with Crippen molar-refractivity contribution in [3.05, 3.63) is 72.6 Å². The van der Waals surface area contributed by atoms with Gasteiger partial charge in [0.15, 0.2) is 5.43 Å². The molecule has 2 heterocycles. The van der Waals surface area contributed by atoms with Gasteiger partial charge in [-0.25, -0.2) is 0 Å². The molecule has 0 bridgehead atoms. The van der Waals surface area contributed by atoms with Gasteiger partial charge in [-0.2, -0.15) is 0 Å². The summed E-state index contributed by atoms with van der Waals surface area (Å²) < 4.78 is 3.17. The van der Waals surface area contributed by atoms with E-state index in [2.05, 4.69) is 52.7 Å². The van der Waals surface area contributed by atoms with Crippen LogP contribution in [0.4, 0.5) is 0 Å². The molecule has 0 spiro atoms. The van der Waals surface area contributed by atoms with E-state index in [0.717, 1.165) is 43.4 Å². The van der Waals surface area contributed by atoms with Gasteiger partial charge in [-0.1, -0.05) is 31.2 Å². The maximum Gasteiger partial charge on any atom is 0.189 e. The molecule has 0 amide bonds. The minimum absolute atomic E-state index is 0.0563. The lowest BCUT2D eigenvalue weighted by Gasteiger charge is -2.13. The molecule has 2 N–H and O–H groups in total. The molecule has 0 fully saturated rings. The highest BCUT2D eigenvalue weighted by atomic mass is 79.9. The van der Waals surface area contributed by atoms with E-state index in [1.807, 2.05) is 40.3 Å². The maximum absolute atomic E-state index is 11.9. The number of halogens is 1. The number of pyridine rings is 1. The number of hydrogen-bond acceptors (Lipinski definition) is 4. The molecule has 0 aliphatic carbocycles. The van der Waals surface area contributed by atoms with Gasteiger partial charge in [0.1, 0.15) is 0 Å². The van der Waals surface area contributed by atoms with Crippen LogP contribution in [0.1, 0.15) is 35.6 Å². The normalized spacial score (nSPS) is 11.5. The van der Waals surface area contributed by atoms with Gasteiger partial charge in [-0.05, 0) is 54.4 Å². The molecule has 0 radical (unpaired) electrons. The number of rotatable bonds is 9. The molecule has 3 aromatic rings. The van der Waals surface area contributed by atoms with Gasteiger partial charge < -0.3 is 10.7 Å². The highest BCUT2D eigenvalue weighted by Gasteiger charge is 2.12. The third-order valence-corrected chi connectivity index (χ3v) is 7.10. The fraction of sp³-hybridized carbons (Fsp3) is 0.318. The molecular formula is C22H26BrN3OS. The summed E-state index contributed by atoms with van der Waals surface area (Å²) in [5.41, 5.74) is 5.66. The molecule has 148 valence electrons. The predicted molar refractivity (Wildman–Crippen MR) is 125 cm³/mol. The summed E-state index contributed by atoms with van der Waals surface area (Å²) in [6.07, 6.45) is 8.12. The van der Waals surface area contributed by atoms with Crippen LogP contribution in [-0.4, -0.2) is 17.8 Å². The Labute approximate surface area is 178 Å². The second-order valence-electron chi connectivity index (χ2n) is 6.54. The van der Waals surface area contributed by atoms with Crippen LogP contribution in [0.3, 0.4) is 0 Å². The fourth-order valence-electron chi connectivity index (χ4n) is 3.17. The van der Waals surface area contributed by atoms with Gasteiger partial charge in [0, 0.05) is 50.5 Å². The van der Waals surface area contributed by atoms with Crippen LogP contribution >= 0.6 is 27.3 Å². The Morgan fingerprint density at radius 2 is 2.00 bits per heavy atom. The van der Waals surface area contributed by atoms with E-state index >= 15 is 0 Å². The SMILES string of the molecule is CC=Cc1c(CNCCCNn2ccc(=O)c3ccccc32)sc(CC)c1Br. The van der Waals surface area contributed by atoms with E-state index < -0.39 is 0 Å². The van der Waals surface area contributed by atoms with E-state index in [-0.39, 0.29) is 5.43 Å². The van der Waals surface area contributed by atoms with Gasteiger partial charge in [0.05, 0.1) is 5.52 Å². The summed E-state index contributed by atoms with van der Waals surface area (Å²) in [6.45, 7) is 6.89. The number of nitrogens with zero attached hydrogens (tertiary/aromatic N) is 1. The van der Waals surface area contributed by atoms with Crippen LogP contribution in [0.15, 0.2) is 51.9 Å². The van der Waals surface area contributed by atoms with Crippen molar-refractivity contribution >= 4 is 44.2 Å². The Hall–Kier alpha value is -1.89. The van der Waals surface area contributed by atoms with Gasteiger partial charge >= 0.3 is 0 Å². The molecule has 4 nitrogen and oxygen atoms in total. The summed E-state index contributed by atoms with van der Waals surface area (Å²) in [4.78, 5) is 14.7. The lowest BCUT2D eigenvalue weighted by atomic mass is 10.2. The molecule has 0 aliphatic heterocycles. The Kier molecular flexibility index (Phi) is 7.48. The molecule has 0 unspecified atom stereocenters. The quantitative estimate of drug-likeness (QED) is 0.435. The van der Waals surface area contributed by atoms with Crippen molar-refractivity contribution in [2.75, 3.05) is 18.5 Å². The molecule has 1 aromatic carbocycles. The van der Waals surface area contributed by atoms with Crippen molar-refractivity contribution in [3.63, 3.8) is 0 Å². The number of allylic oxidation sites excluding steroid dienone is 1. The van der Waals surface area contributed by atoms with Gasteiger partial charge in [-0.15, -0.1) is 11.3 Å². The number of hydrogen-bond donors (Lipinski definition) is 2. The lowest BCUT2D eigenvalue weighted by molar-refractivity contribution is 0.653. The van der Waals surface area contributed by atoms with Crippen LogP contribution in [0, 0.1) is 0 Å². The van der Waals surface area contributed by atoms with Gasteiger partial charge in [0.25, 0.3) is 0 Å². The van der Waals surface area contributed by atoms with E-state index in [9.17, 15) is 4.79 Å². The first-order chi connectivity index (χ1) is 13.7. The van der Waals surface area contributed by atoms with Crippen LogP contribution in [0.2, 0.25) is 0 Å². The molecule has 6 heteroatoms. The summed E-state index contributed by atoms with van der Waals surface area (Å²) in [6, 6.07) is 9.28. The van der Waals surface area contributed by atoms with Crippen molar-refractivity contribution in [2.45, 2.75) is 33.2 Å². The zero-order valence-electron chi connectivity index (χ0n) is 16.3. The standard InChI is InChI=1S/C22H26BrN3OS/c1-3-8-17-21(28-20(4-2)22(17)23)15-24-12-7-13-25-26-14-11-19(27)16-9-5-6-10-18(16)26/h3,5-6,8-11,14,24-25H,4,7,12-13,15H2,1-2H3. The topological polar surface area (TPSA) is 46.1 Å². The number of aromatic nitrogens is 1. The van der Waals surface area contributed by atoms with E-state index in [1.54, 1.807) is 12.3 Å². The Bertz CT molecular complexity index is 1020. The predicted octanol–water partition coefficient (Wildman–Crippen LogP) is 5.14. The monoisotopic (exact) mass is 459 g/mol. The fourth-order valence-corrected chi connectivity index (χ4v) is 5.29. The summed E-state index contributed by atoms with van der Waals surface area (Å²) in [5.74, 6) is 0. The number of thiophene rings is 1. The number of nitrogens with one attached hydrogen (secondary N) is 2. The Balaban J connectivity index is 1.51. The van der Waals surface area contributed by atoms with Crippen molar-refractivity contribution in [1.82, 2.24) is 9.99 Å². The van der Waals surface area contributed by atoms with Crippen molar-refractivity contribution < 1.29 is 0 Å². The molecule has 0 atom stereocenters. The molecule has 0 saturated carbocycles. The molecule has 28 heavy (non-hydrogen) atoms. The maximum atomic E-state index is 11.9. The highest BCUT2D eigenvalue weighted by Crippen LogP contribution is 2.34. The number of para-hydroxylation sites is 1. The van der Waals surface area contributed by atoms with Crippen LogP contribution < -0.4 is 16.2 Å². The minimum atomic E-state index is 0.0563. The van der Waals surface area contributed by atoms with Gasteiger partial charge in [0.2, 0.25) is 0 Å². The van der Waals surface area contributed by atoms with Crippen LogP contribution in [0.25, 0.3) is 17.0 Å². The zero-order chi connectivity index (χ0) is 19.9. The first-order valence-electron chi connectivity index (χ1n) is 9.63. The van der Waals surface area contributed by atoms with Crippen molar-refractivity contribution in [2.24, 2.45) is 0 Å². The molecular weight excluding hydrogens is 434 g/mol. The van der Waals surface area contributed by atoms with Crippen molar-refractivity contribution in [3.8, 4) is 0 Å². The second kappa shape index (κ2) is 10.0. The van der Waals surface area contributed by atoms with E-state index in [4.69, 9.17) is 0 Å². The van der Waals surface area contributed by atoms with Crippen LogP contribution in [-0.2, 0) is 13.0 Å². The highest BCUT2D eigenvalue weighted by molar-refractivity contribution is 9.10. The first-order valence-corrected chi connectivity index (χ1v) is 11.2. The van der Waals surface area contributed by atoms with E-state index in [1.165, 1.54) is 19.8 Å². The third-order valence-electron chi connectivity index (χ3n) is 4.58. The van der Waals surface area contributed by atoms with Crippen LogP contribution in [0.5, 0.6) is 0 Å². The summed E-state index contributed by atoms with van der Waals surface area (Å²) >= 11 is 5.62. The third kappa shape index (κ3) is 4.74. The second-order valence-corrected chi connectivity index (χ2v) is 8.52. The Morgan fingerprint density at radius 3 is 2.79 bits per heavy atom. The molecule has 0 saturated heterocycles. The number of aryl methyl sites for hydroxylation is 1. The van der Waals surface area contributed by atoms with Gasteiger partial charge in [-0.3, -0.25) is 9.47 Å². The van der Waals surface area contributed by atoms with Crippen molar-refractivity contribution in [1.29, 1.82) is 0 Å². The molecule has 2 aromatic heterocycles. The first kappa shape index (κ1) is 20.8. The number of fused-ring (bicyclic) bond motifs is 1. The Morgan fingerprint density at radius 1 is 1.18 bits per heavy atom. The summed E-state index contributed by atoms with van der Waals surface area (Å²) in [5, 5.41) is 4.29. The molecule has 0 aliphatic rings. The largest absolute Gasteiger partial charge is 0.326 e. The summed E-state index contributed by atoms with van der Waals surface area (Å²) in [7, 11) is 0. The zero-order valence-corrected chi connectivity index (χ0v) is 18.7. The average Bonchev–Trinajstić information content (AvgIpc) is 3.01. The number of benzene rings is 1. The van der Waals surface area contributed by atoms with E-state index in [0.29, 0.717) is 0 Å². The average molecular weight is 460 g/mol. The lowest BCUT2D eigenvalue weighted by Crippen LogP contribution is -2.23.